The molecule has 0 aromatic carbocycles. The van der Waals surface area contributed by atoms with Gasteiger partial charge in [0.05, 0.1) is 11.2 Å². The highest BCUT2D eigenvalue weighted by Crippen LogP contribution is 2.23. The smallest absolute Gasteiger partial charge is 0.260 e. The van der Waals surface area contributed by atoms with Crippen LogP contribution in [0.4, 0.5) is 0 Å². The molecule has 6 nitrogen and oxygen atoms in total. The maximum Gasteiger partial charge on any atom is 0.260 e. The van der Waals surface area contributed by atoms with Crippen LogP contribution in [0, 0.1) is 5.92 Å². The Balaban J connectivity index is 2.21. The fourth-order valence-corrected chi connectivity index (χ4v) is 3.84. The monoisotopic (exact) mass is 302 g/mol. The standard InChI is InChI=1S/C11H18N4O2S2/c1-2-9-13-6-10(14-9)19(16,17)15-5-3-4-8(7-15)11(12)18/h6,8H,2-5,7H2,1H3,(H2,12,18)(H,13,14). The number of thiocarbonyl (C=S) groups is 1. The summed E-state index contributed by atoms with van der Waals surface area (Å²) >= 11 is 4.97. The van der Waals surface area contributed by atoms with Gasteiger partial charge in [-0.1, -0.05) is 19.1 Å². The van der Waals surface area contributed by atoms with Crippen LogP contribution in [0.1, 0.15) is 25.6 Å². The Kier molecular flexibility index (Phi) is 4.22. The molecular formula is C11H18N4O2S2. The molecule has 1 atom stereocenters. The van der Waals surface area contributed by atoms with Crippen molar-refractivity contribution in [2.45, 2.75) is 31.2 Å². The van der Waals surface area contributed by atoms with E-state index in [-0.39, 0.29) is 10.9 Å². The van der Waals surface area contributed by atoms with Gasteiger partial charge in [0.15, 0.2) is 5.03 Å². The third kappa shape index (κ3) is 2.96. The van der Waals surface area contributed by atoms with Crippen LogP contribution in [0.15, 0.2) is 11.2 Å². The van der Waals surface area contributed by atoms with Gasteiger partial charge in [-0.3, -0.25) is 0 Å². The van der Waals surface area contributed by atoms with E-state index in [9.17, 15) is 8.42 Å². The number of nitrogens with zero attached hydrogens (tertiary/aromatic N) is 2. The lowest BCUT2D eigenvalue weighted by atomic mass is 10.0. The number of nitrogens with one attached hydrogen (secondary N) is 1. The van der Waals surface area contributed by atoms with Crippen LogP contribution < -0.4 is 5.73 Å². The number of hydrogen-bond acceptors (Lipinski definition) is 4. The maximum absolute atomic E-state index is 12.5. The number of hydrogen-bond donors (Lipinski definition) is 2. The summed E-state index contributed by atoms with van der Waals surface area (Å²) in [5, 5.41) is 0.146. The second-order valence-electron chi connectivity index (χ2n) is 4.65. The quantitative estimate of drug-likeness (QED) is 0.797. The van der Waals surface area contributed by atoms with Crippen molar-refractivity contribution in [1.29, 1.82) is 0 Å². The number of aryl methyl sites for hydroxylation is 1. The summed E-state index contributed by atoms with van der Waals surface area (Å²) in [6.45, 7) is 2.78. The largest absolute Gasteiger partial charge is 0.393 e. The summed E-state index contributed by atoms with van der Waals surface area (Å²) in [6.07, 6.45) is 3.67. The number of sulfonamides is 1. The van der Waals surface area contributed by atoms with Crippen molar-refractivity contribution in [3.63, 3.8) is 0 Å². The zero-order chi connectivity index (χ0) is 14.0. The minimum Gasteiger partial charge on any atom is -0.393 e. The van der Waals surface area contributed by atoms with Crippen LogP contribution in [0.2, 0.25) is 0 Å². The maximum atomic E-state index is 12.5. The lowest BCUT2D eigenvalue weighted by Crippen LogP contribution is -2.43. The summed E-state index contributed by atoms with van der Waals surface area (Å²) in [4.78, 5) is 7.27. The lowest BCUT2D eigenvalue weighted by Gasteiger charge is -2.30. The fourth-order valence-electron chi connectivity index (χ4n) is 2.19. The van der Waals surface area contributed by atoms with Gasteiger partial charge in [0.1, 0.15) is 5.82 Å². The molecular weight excluding hydrogens is 284 g/mol. The zero-order valence-corrected chi connectivity index (χ0v) is 12.4. The topological polar surface area (TPSA) is 92.1 Å². The van der Waals surface area contributed by atoms with E-state index in [0.29, 0.717) is 30.3 Å². The number of rotatable bonds is 4. The third-order valence-electron chi connectivity index (χ3n) is 3.34. The molecule has 19 heavy (non-hydrogen) atoms. The van der Waals surface area contributed by atoms with Gasteiger partial charge in [0.25, 0.3) is 10.0 Å². The van der Waals surface area contributed by atoms with E-state index in [4.69, 9.17) is 18.0 Å². The minimum absolute atomic E-state index is 0.0351. The van der Waals surface area contributed by atoms with E-state index >= 15 is 0 Å². The van der Waals surface area contributed by atoms with Gasteiger partial charge in [0.2, 0.25) is 0 Å². The first-order chi connectivity index (χ1) is 8.95. The van der Waals surface area contributed by atoms with Crippen molar-refractivity contribution >= 4 is 27.2 Å². The molecule has 8 heteroatoms. The van der Waals surface area contributed by atoms with Crippen LogP contribution in [0.3, 0.4) is 0 Å². The van der Waals surface area contributed by atoms with Crippen molar-refractivity contribution in [3.05, 3.63) is 12.0 Å². The summed E-state index contributed by atoms with van der Waals surface area (Å²) in [5.74, 6) is 0.633. The van der Waals surface area contributed by atoms with Gasteiger partial charge in [-0.2, -0.15) is 4.31 Å². The van der Waals surface area contributed by atoms with E-state index < -0.39 is 10.0 Å². The Bertz CT molecular complexity index is 567. The molecule has 0 aliphatic carbocycles. The van der Waals surface area contributed by atoms with Crippen LogP contribution >= 0.6 is 12.2 Å². The first-order valence-electron chi connectivity index (χ1n) is 6.28. The van der Waals surface area contributed by atoms with E-state index in [1.54, 1.807) is 0 Å². The summed E-state index contributed by atoms with van der Waals surface area (Å²) in [7, 11) is -3.52. The normalized spacial score (nSPS) is 21.4. The molecule has 0 spiro atoms. The molecule has 1 aromatic heterocycles. The molecule has 1 unspecified atom stereocenters. The van der Waals surface area contributed by atoms with Crippen molar-refractivity contribution in [2.75, 3.05) is 13.1 Å². The van der Waals surface area contributed by atoms with E-state index in [1.807, 2.05) is 6.92 Å². The summed E-state index contributed by atoms with van der Waals surface area (Å²) in [6, 6.07) is 0. The van der Waals surface area contributed by atoms with Crippen LogP contribution in [0.5, 0.6) is 0 Å². The van der Waals surface area contributed by atoms with E-state index in [2.05, 4.69) is 9.97 Å². The van der Waals surface area contributed by atoms with Gasteiger partial charge < -0.3 is 10.7 Å². The van der Waals surface area contributed by atoms with E-state index in [0.717, 1.165) is 12.8 Å². The molecule has 0 radical (unpaired) electrons. The zero-order valence-electron chi connectivity index (χ0n) is 10.8. The van der Waals surface area contributed by atoms with Gasteiger partial charge in [-0.05, 0) is 12.8 Å². The van der Waals surface area contributed by atoms with Gasteiger partial charge in [-0.15, -0.1) is 0 Å². The lowest BCUT2D eigenvalue weighted by molar-refractivity contribution is 0.312. The van der Waals surface area contributed by atoms with Gasteiger partial charge in [0, 0.05) is 25.4 Å². The molecule has 1 saturated heterocycles. The fraction of sp³-hybridized carbons (Fsp3) is 0.636. The summed E-state index contributed by atoms with van der Waals surface area (Å²) < 4.78 is 26.3. The molecule has 0 saturated carbocycles. The SMILES string of the molecule is CCc1ncc(S(=O)(=O)N2CCCC(C(N)=S)C2)[nH]1. The number of aromatic amines is 1. The third-order valence-corrected chi connectivity index (χ3v) is 5.45. The van der Waals surface area contributed by atoms with Crippen LogP contribution in [0.25, 0.3) is 0 Å². The van der Waals surface area contributed by atoms with Crippen molar-refractivity contribution in [3.8, 4) is 0 Å². The first kappa shape index (κ1) is 14.4. The highest BCUT2D eigenvalue weighted by atomic mass is 32.2. The van der Waals surface area contributed by atoms with Gasteiger partial charge in [-0.25, -0.2) is 13.4 Å². The molecule has 0 amide bonds. The van der Waals surface area contributed by atoms with Crippen LogP contribution in [-0.2, 0) is 16.4 Å². The number of aromatic nitrogens is 2. The number of nitrogens with two attached hydrogens (primary N) is 1. The molecule has 106 valence electrons. The van der Waals surface area contributed by atoms with Gasteiger partial charge >= 0.3 is 0 Å². The summed E-state index contributed by atoms with van der Waals surface area (Å²) in [5.41, 5.74) is 5.63. The second-order valence-corrected chi connectivity index (χ2v) is 7.03. The van der Waals surface area contributed by atoms with Crippen molar-refractivity contribution in [2.24, 2.45) is 11.7 Å². The molecule has 1 aromatic rings. The second kappa shape index (κ2) is 5.56. The highest BCUT2D eigenvalue weighted by Gasteiger charge is 2.32. The molecule has 2 heterocycles. The molecule has 3 N–H and O–H groups in total. The predicted octanol–water partition coefficient (Wildman–Crippen LogP) is 0.659. The average Bonchev–Trinajstić information content (AvgIpc) is 2.88. The number of H-pyrrole nitrogens is 1. The molecule has 1 fully saturated rings. The molecule has 2 rings (SSSR count). The average molecular weight is 302 g/mol. The Hall–Kier alpha value is -0.990. The Morgan fingerprint density at radius 3 is 3.00 bits per heavy atom. The van der Waals surface area contributed by atoms with E-state index in [1.165, 1.54) is 10.5 Å². The first-order valence-corrected chi connectivity index (χ1v) is 8.13. The number of imidazole rings is 1. The van der Waals surface area contributed by atoms with Crippen molar-refractivity contribution in [1.82, 2.24) is 14.3 Å². The van der Waals surface area contributed by atoms with Crippen LogP contribution in [-0.4, -0.2) is 40.8 Å². The highest BCUT2D eigenvalue weighted by molar-refractivity contribution is 7.89. The molecule has 0 bridgehead atoms. The number of piperidine rings is 1. The molecule has 1 aliphatic heterocycles. The van der Waals surface area contributed by atoms with Crippen molar-refractivity contribution < 1.29 is 8.42 Å². The predicted molar refractivity (Wildman–Crippen MR) is 76.2 cm³/mol. The Morgan fingerprint density at radius 2 is 2.42 bits per heavy atom. The minimum atomic E-state index is -3.52. The molecule has 1 aliphatic rings. The Labute approximate surface area is 118 Å². The Morgan fingerprint density at radius 1 is 1.68 bits per heavy atom.